The second-order valence-corrected chi connectivity index (χ2v) is 8.05. The van der Waals surface area contributed by atoms with E-state index in [-0.39, 0.29) is 17.4 Å². The highest BCUT2D eigenvalue weighted by Gasteiger charge is 2.18. The van der Waals surface area contributed by atoms with Crippen LogP contribution >= 0.6 is 23.4 Å². The molecule has 0 aliphatic rings. The number of carbonyl (C=O) groups excluding carboxylic acids is 1. The van der Waals surface area contributed by atoms with Gasteiger partial charge in [0.15, 0.2) is 11.0 Å². The summed E-state index contributed by atoms with van der Waals surface area (Å²) in [6.07, 6.45) is 0. The van der Waals surface area contributed by atoms with Gasteiger partial charge in [-0.1, -0.05) is 35.5 Å². The first-order valence-electron chi connectivity index (χ1n) is 9.61. The number of amides is 1. The van der Waals surface area contributed by atoms with E-state index in [0.717, 1.165) is 17.0 Å². The number of anilines is 1. The maximum Gasteiger partial charge on any atom is 0.234 e. The van der Waals surface area contributed by atoms with Crippen molar-refractivity contribution in [2.45, 2.75) is 5.16 Å². The quantitative estimate of drug-likeness (QED) is 0.371. The van der Waals surface area contributed by atoms with Crippen LogP contribution in [0.1, 0.15) is 0 Å². The third-order valence-corrected chi connectivity index (χ3v) is 5.83. The first-order chi connectivity index (χ1) is 15.5. The van der Waals surface area contributed by atoms with Gasteiger partial charge in [0.25, 0.3) is 0 Å². The number of halogens is 1. The number of rotatable bonds is 7. The van der Waals surface area contributed by atoms with Crippen molar-refractivity contribution in [2.75, 3.05) is 18.2 Å². The summed E-state index contributed by atoms with van der Waals surface area (Å²) in [5.41, 5.74) is 2.15. The molecule has 1 amide bonds. The van der Waals surface area contributed by atoms with Gasteiger partial charge in [-0.2, -0.15) is 0 Å². The van der Waals surface area contributed by atoms with Crippen LogP contribution < -0.4 is 10.1 Å². The maximum atomic E-state index is 12.5. The molecule has 1 aromatic heterocycles. The van der Waals surface area contributed by atoms with Crippen molar-refractivity contribution in [3.8, 4) is 28.6 Å². The minimum absolute atomic E-state index is 0.120. The summed E-state index contributed by atoms with van der Waals surface area (Å²) in [4.78, 5) is 12.5. The minimum atomic E-state index is -0.210. The number of methoxy groups -OCH3 is 1. The van der Waals surface area contributed by atoms with Crippen molar-refractivity contribution in [3.05, 3.63) is 77.8 Å². The van der Waals surface area contributed by atoms with Crippen molar-refractivity contribution in [1.29, 1.82) is 0 Å². The number of hydrogen-bond donors (Lipinski definition) is 2. The second kappa shape index (κ2) is 9.76. The lowest BCUT2D eigenvalue weighted by molar-refractivity contribution is -0.113. The van der Waals surface area contributed by atoms with Gasteiger partial charge < -0.3 is 15.2 Å². The standard InChI is InChI=1S/C23H19ClN4O3S/c1-31-18-12-8-16(9-13-18)28-22(15-6-10-17(29)11-7-15)26-27-23(28)32-14-21(30)25-20-5-3-2-4-19(20)24/h2-13,29H,14H2,1H3,(H,25,30). The first kappa shape index (κ1) is 21.7. The zero-order chi connectivity index (χ0) is 22.5. The normalized spacial score (nSPS) is 10.7. The van der Waals surface area contributed by atoms with E-state index in [2.05, 4.69) is 15.5 Å². The summed E-state index contributed by atoms with van der Waals surface area (Å²) in [6, 6.07) is 21.2. The molecule has 0 spiro atoms. The fraction of sp³-hybridized carbons (Fsp3) is 0.0870. The molecule has 0 atom stereocenters. The first-order valence-corrected chi connectivity index (χ1v) is 11.0. The van der Waals surface area contributed by atoms with E-state index in [9.17, 15) is 9.90 Å². The molecule has 0 saturated carbocycles. The number of phenolic OH excluding ortho intramolecular Hbond substituents is 1. The maximum absolute atomic E-state index is 12.5. The number of hydrogen-bond acceptors (Lipinski definition) is 6. The Bertz CT molecular complexity index is 1230. The van der Waals surface area contributed by atoms with E-state index in [1.54, 1.807) is 55.6 Å². The molecule has 0 aliphatic carbocycles. The summed E-state index contributed by atoms with van der Waals surface area (Å²) in [5, 5.41) is 22.1. The van der Waals surface area contributed by atoms with Crippen molar-refractivity contribution in [1.82, 2.24) is 14.8 Å². The van der Waals surface area contributed by atoms with Gasteiger partial charge in [0.05, 0.1) is 23.6 Å². The number of benzene rings is 3. The van der Waals surface area contributed by atoms with Crippen LogP contribution in [0.5, 0.6) is 11.5 Å². The predicted molar refractivity (Wildman–Crippen MR) is 126 cm³/mol. The molecule has 0 unspecified atom stereocenters. The molecule has 4 rings (SSSR count). The summed E-state index contributed by atoms with van der Waals surface area (Å²) >= 11 is 7.38. The molecule has 0 saturated heterocycles. The van der Waals surface area contributed by atoms with Crippen molar-refractivity contribution < 1.29 is 14.6 Å². The average molecular weight is 467 g/mol. The Morgan fingerprint density at radius 1 is 1.06 bits per heavy atom. The molecule has 0 radical (unpaired) electrons. The molecule has 3 aromatic carbocycles. The molecule has 9 heteroatoms. The second-order valence-electron chi connectivity index (χ2n) is 6.70. The van der Waals surface area contributed by atoms with Crippen molar-refractivity contribution in [3.63, 3.8) is 0 Å². The smallest absolute Gasteiger partial charge is 0.234 e. The van der Waals surface area contributed by atoms with Crippen LogP contribution in [0.3, 0.4) is 0 Å². The van der Waals surface area contributed by atoms with Gasteiger partial charge in [0.2, 0.25) is 5.91 Å². The summed E-state index contributed by atoms with van der Waals surface area (Å²) in [5.74, 6) is 1.38. The summed E-state index contributed by atoms with van der Waals surface area (Å²) < 4.78 is 7.11. The number of nitrogens with one attached hydrogen (secondary N) is 1. The number of ether oxygens (including phenoxy) is 1. The molecule has 0 fully saturated rings. The highest BCUT2D eigenvalue weighted by Crippen LogP contribution is 2.30. The molecule has 1 heterocycles. The van der Waals surface area contributed by atoms with E-state index in [1.165, 1.54) is 11.8 Å². The fourth-order valence-corrected chi connectivity index (χ4v) is 3.94. The Hall–Kier alpha value is -3.49. The summed E-state index contributed by atoms with van der Waals surface area (Å²) in [6.45, 7) is 0. The topological polar surface area (TPSA) is 89.3 Å². The van der Waals surface area contributed by atoms with E-state index in [4.69, 9.17) is 16.3 Å². The lowest BCUT2D eigenvalue weighted by Crippen LogP contribution is -2.14. The van der Waals surface area contributed by atoms with E-state index in [1.807, 2.05) is 28.8 Å². The molecule has 32 heavy (non-hydrogen) atoms. The Labute approximate surface area is 194 Å². The highest BCUT2D eigenvalue weighted by atomic mass is 35.5. The predicted octanol–water partition coefficient (Wildman–Crippen LogP) is 5.03. The van der Waals surface area contributed by atoms with Crippen LogP contribution in [0.4, 0.5) is 5.69 Å². The van der Waals surface area contributed by atoms with E-state index in [0.29, 0.717) is 21.7 Å². The van der Waals surface area contributed by atoms with Gasteiger partial charge in [0.1, 0.15) is 11.5 Å². The van der Waals surface area contributed by atoms with Crippen LogP contribution in [-0.4, -0.2) is 38.6 Å². The van der Waals surface area contributed by atoms with Crippen molar-refractivity contribution >= 4 is 35.0 Å². The number of para-hydroxylation sites is 1. The molecule has 4 aromatic rings. The Morgan fingerprint density at radius 3 is 2.47 bits per heavy atom. The number of carbonyl (C=O) groups is 1. The third-order valence-electron chi connectivity index (χ3n) is 4.57. The highest BCUT2D eigenvalue weighted by molar-refractivity contribution is 7.99. The number of nitrogens with zero attached hydrogens (tertiary/aromatic N) is 3. The van der Waals surface area contributed by atoms with Crippen LogP contribution in [0, 0.1) is 0 Å². The molecular formula is C23H19ClN4O3S. The SMILES string of the molecule is COc1ccc(-n2c(SCC(=O)Nc3ccccc3Cl)nnc2-c2ccc(O)cc2)cc1. The van der Waals surface area contributed by atoms with Gasteiger partial charge in [0, 0.05) is 11.3 Å². The zero-order valence-electron chi connectivity index (χ0n) is 17.0. The monoisotopic (exact) mass is 466 g/mol. The van der Waals surface area contributed by atoms with Gasteiger partial charge in [-0.15, -0.1) is 10.2 Å². The van der Waals surface area contributed by atoms with Crippen molar-refractivity contribution in [2.24, 2.45) is 0 Å². The lowest BCUT2D eigenvalue weighted by atomic mass is 10.2. The van der Waals surface area contributed by atoms with Gasteiger partial charge in [-0.25, -0.2) is 0 Å². The molecule has 162 valence electrons. The number of phenols is 1. The van der Waals surface area contributed by atoms with Gasteiger partial charge in [-0.05, 0) is 60.7 Å². The lowest BCUT2D eigenvalue weighted by Gasteiger charge is -2.11. The molecule has 0 bridgehead atoms. The fourth-order valence-electron chi connectivity index (χ4n) is 3.00. The van der Waals surface area contributed by atoms with Crippen LogP contribution in [0.15, 0.2) is 78.0 Å². The van der Waals surface area contributed by atoms with Gasteiger partial charge >= 0.3 is 0 Å². The zero-order valence-corrected chi connectivity index (χ0v) is 18.6. The Balaban J connectivity index is 1.61. The van der Waals surface area contributed by atoms with Crippen LogP contribution in [0.2, 0.25) is 5.02 Å². The van der Waals surface area contributed by atoms with Crippen LogP contribution in [-0.2, 0) is 4.79 Å². The number of thioether (sulfide) groups is 1. The van der Waals surface area contributed by atoms with Crippen LogP contribution in [0.25, 0.3) is 17.1 Å². The largest absolute Gasteiger partial charge is 0.508 e. The Kier molecular flexibility index (Phi) is 6.63. The minimum Gasteiger partial charge on any atom is -0.508 e. The van der Waals surface area contributed by atoms with Gasteiger partial charge in [-0.3, -0.25) is 9.36 Å². The third kappa shape index (κ3) is 4.87. The number of aromatic hydroxyl groups is 1. The molecule has 2 N–H and O–H groups in total. The molecular weight excluding hydrogens is 448 g/mol. The number of aromatic nitrogens is 3. The molecule has 0 aliphatic heterocycles. The summed E-state index contributed by atoms with van der Waals surface area (Å²) in [7, 11) is 1.61. The van der Waals surface area contributed by atoms with E-state index < -0.39 is 0 Å². The average Bonchev–Trinajstić information content (AvgIpc) is 3.24. The van der Waals surface area contributed by atoms with E-state index >= 15 is 0 Å². The Morgan fingerprint density at radius 2 is 1.78 bits per heavy atom. The molecule has 7 nitrogen and oxygen atoms in total.